The summed E-state index contributed by atoms with van der Waals surface area (Å²) in [6.45, 7) is 3.30. The zero-order chi connectivity index (χ0) is 20.8. The molecule has 0 saturated carbocycles. The van der Waals surface area contributed by atoms with Crippen LogP contribution < -0.4 is 5.32 Å². The molecule has 1 aromatic heterocycles. The van der Waals surface area contributed by atoms with Crippen LogP contribution in [0.4, 0.5) is 4.39 Å². The number of nitrogens with zero attached hydrogens (tertiary/aromatic N) is 2. The fourth-order valence-electron chi connectivity index (χ4n) is 4.27. The number of amides is 1. The van der Waals surface area contributed by atoms with Gasteiger partial charge in [-0.1, -0.05) is 30.3 Å². The van der Waals surface area contributed by atoms with Gasteiger partial charge in [0.1, 0.15) is 5.82 Å². The molecule has 1 saturated heterocycles. The molecule has 2 heterocycles. The summed E-state index contributed by atoms with van der Waals surface area (Å²) in [4.78, 5) is 19.1. The van der Waals surface area contributed by atoms with Gasteiger partial charge in [-0.3, -0.25) is 14.7 Å². The van der Waals surface area contributed by atoms with Crippen molar-refractivity contribution in [2.45, 2.75) is 38.8 Å². The lowest BCUT2D eigenvalue weighted by Gasteiger charge is -2.32. The monoisotopic (exact) mass is 405 g/mol. The molecule has 0 aliphatic carbocycles. The summed E-state index contributed by atoms with van der Waals surface area (Å²) in [6, 6.07) is 17.1. The van der Waals surface area contributed by atoms with Crippen LogP contribution >= 0.6 is 0 Å². The molecule has 1 N–H and O–H groups in total. The minimum atomic E-state index is -0.273. The Balaban J connectivity index is 1.24. The summed E-state index contributed by atoms with van der Waals surface area (Å²) in [5, 5.41) is 4.02. The van der Waals surface area contributed by atoms with Gasteiger partial charge in [-0.2, -0.15) is 0 Å². The summed E-state index contributed by atoms with van der Waals surface area (Å²) < 4.78 is 13.7. The first-order valence-electron chi connectivity index (χ1n) is 10.7. The van der Waals surface area contributed by atoms with E-state index in [-0.39, 0.29) is 18.3 Å². The topological polar surface area (TPSA) is 45.2 Å². The number of fused-ring (bicyclic) bond motifs is 1. The Labute approximate surface area is 177 Å². The molecule has 1 aliphatic heterocycles. The van der Waals surface area contributed by atoms with E-state index in [4.69, 9.17) is 0 Å². The molecule has 4 rings (SSSR count). The molecule has 1 aliphatic rings. The fraction of sp³-hybridized carbons (Fsp3) is 0.360. The average Bonchev–Trinajstić information content (AvgIpc) is 2.77. The van der Waals surface area contributed by atoms with Crippen molar-refractivity contribution in [3.63, 3.8) is 0 Å². The average molecular weight is 406 g/mol. The molecule has 0 unspecified atom stereocenters. The molecule has 1 amide bonds. The Morgan fingerprint density at radius 3 is 2.97 bits per heavy atom. The number of carbonyl (C=O) groups excluding carboxylic acids is 1. The largest absolute Gasteiger partial charge is 0.352 e. The summed E-state index contributed by atoms with van der Waals surface area (Å²) in [7, 11) is 0. The highest BCUT2D eigenvalue weighted by molar-refractivity contribution is 5.78. The molecule has 1 atom stereocenters. The molecule has 4 nitrogen and oxygen atoms in total. The number of nitrogens with one attached hydrogen (secondary N) is 1. The van der Waals surface area contributed by atoms with Gasteiger partial charge in [-0.15, -0.1) is 0 Å². The first-order valence-corrected chi connectivity index (χ1v) is 10.7. The van der Waals surface area contributed by atoms with Gasteiger partial charge in [0, 0.05) is 43.2 Å². The SMILES string of the molecule is O=C(CC[C@H]1CCCN(Cc2ccc3ncccc3c2)C1)NCc1ccccc1F. The highest BCUT2D eigenvalue weighted by atomic mass is 19.1. The Morgan fingerprint density at radius 1 is 1.17 bits per heavy atom. The van der Waals surface area contributed by atoms with Crippen molar-refractivity contribution in [2.75, 3.05) is 13.1 Å². The lowest BCUT2D eigenvalue weighted by Crippen LogP contribution is -2.35. The van der Waals surface area contributed by atoms with Gasteiger partial charge in [0.15, 0.2) is 0 Å². The van der Waals surface area contributed by atoms with Crippen LogP contribution in [-0.4, -0.2) is 28.9 Å². The molecule has 3 aromatic rings. The number of carbonyl (C=O) groups is 1. The fourth-order valence-corrected chi connectivity index (χ4v) is 4.27. The number of hydrogen-bond acceptors (Lipinski definition) is 3. The van der Waals surface area contributed by atoms with E-state index >= 15 is 0 Å². The van der Waals surface area contributed by atoms with Gasteiger partial charge in [0.25, 0.3) is 0 Å². The molecule has 30 heavy (non-hydrogen) atoms. The van der Waals surface area contributed by atoms with E-state index in [1.165, 1.54) is 23.4 Å². The minimum Gasteiger partial charge on any atom is -0.352 e. The van der Waals surface area contributed by atoms with Gasteiger partial charge in [0.2, 0.25) is 5.91 Å². The summed E-state index contributed by atoms with van der Waals surface area (Å²) in [5.74, 6) is 0.252. The van der Waals surface area contributed by atoms with Crippen LogP contribution in [-0.2, 0) is 17.9 Å². The Kier molecular flexibility index (Phi) is 6.70. The molecule has 156 valence electrons. The zero-order valence-corrected chi connectivity index (χ0v) is 17.2. The predicted octanol–water partition coefficient (Wildman–Crippen LogP) is 4.68. The van der Waals surface area contributed by atoms with Crippen LogP contribution in [0.2, 0.25) is 0 Å². The third-order valence-electron chi connectivity index (χ3n) is 5.89. The van der Waals surface area contributed by atoms with Crippen molar-refractivity contribution in [1.29, 1.82) is 0 Å². The number of halogens is 1. The van der Waals surface area contributed by atoms with Crippen molar-refractivity contribution < 1.29 is 9.18 Å². The second kappa shape index (κ2) is 9.81. The molecule has 2 aromatic carbocycles. The van der Waals surface area contributed by atoms with Crippen LogP contribution in [0, 0.1) is 11.7 Å². The molecule has 0 spiro atoms. The van der Waals surface area contributed by atoms with Crippen LogP contribution in [0.3, 0.4) is 0 Å². The highest BCUT2D eigenvalue weighted by Crippen LogP contribution is 2.23. The highest BCUT2D eigenvalue weighted by Gasteiger charge is 2.21. The smallest absolute Gasteiger partial charge is 0.220 e. The van der Waals surface area contributed by atoms with Crippen molar-refractivity contribution in [3.05, 3.63) is 77.7 Å². The summed E-state index contributed by atoms with van der Waals surface area (Å²) >= 11 is 0. The van der Waals surface area contributed by atoms with Crippen LogP contribution in [0.25, 0.3) is 10.9 Å². The van der Waals surface area contributed by atoms with Gasteiger partial charge in [-0.25, -0.2) is 4.39 Å². The van der Waals surface area contributed by atoms with Crippen molar-refractivity contribution in [1.82, 2.24) is 15.2 Å². The van der Waals surface area contributed by atoms with Gasteiger partial charge in [0.05, 0.1) is 5.52 Å². The van der Waals surface area contributed by atoms with Crippen LogP contribution in [0.15, 0.2) is 60.8 Å². The normalized spacial score (nSPS) is 17.2. The molecule has 0 radical (unpaired) electrons. The first-order chi connectivity index (χ1) is 14.7. The predicted molar refractivity (Wildman–Crippen MR) is 117 cm³/mol. The lowest BCUT2D eigenvalue weighted by molar-refractivity contribution is -0.121. The van der Waals surface area contributed by atoms with Crippen LogP contribution in [0.5, 0.6) is 0 Å². The third kappa shape index (κ3) is 5.42. The first kappa shape index (κ1) is 20.5. The van der Waals surface area contributed by atoms with Gasteiger partial charge >= 0.3 is 0 Å². The number of piperidine rings is 1. The van der Waals surface area contributed by atoms with E-state index in [2.05, 4.69) is 39.5 Å². The molecule has 0 bridgehead atoms. The standard InChI is InChI=1S/C25H28FN3O/c26-23-8-2-1-6-22(23)16-28-25(30)12-10-19-5-4-14-29(17-19)18-20-9-11-24-21(15-20)7-3-13-27-24/h1-3,6-9,11,13,15,19H,4-5,10,12,14,16-18H2,(H,28,30)/t19-/m1/s1. The quantitative estimate of drug-likeness (QED) is 0.621. The maximum atomic E-state index is 13.7. The second-order valence-electron chi connectivity index (χ2n) is 8.18. The molecule has 1 fully saturated rings. The second-order valence-corrected chi connectivity index (χ2v) is 8.18. The van der Waals surface area contributed by atoms with E-state index in [0.717, 1.165) is 38.0 Å². The number of pyridine rings is 1. The Hall–Kier alpha value is -2.79. The number of likely N-dealkylation sites (tertiary alicyclic amines) is 1. The number of rotatable bonds is 7. The maximum Gasteiger partial charge on any atom is 0.220 e. The molecule has 5 heteroatoms. The van der Waals surface area contributed by atoms with E-state index in [9.17, 15) is 9.18 Å². The number of aromatic nitrogens is 1. The van der Waals surface area contributed by atoms with Crippen molar-refractivity contribution >= 4 is 16.8 Å². The Morgan fingerprint density at radius 2 is 2.07 bits per heavy atom. The van der Waals surface area contributed by atoms with E-state index in [1.807, 2.05) is 12.3 Å². The summed E-state index contributed by atoms with van der Waals surface area (Å²) in [5.41, 5.74) is 2.86. The van der Waals surface area contributed by atoms with Crippen molar-refractivity contribution in [3.8, 4) is 0 Å². The van der Waals surface area contributed by atoms with Gasteiger partial charge < -0.3 is 5.32 Å². The van der Waals surface area contributed by atoms with Gasteiger partial charge in [-0.05, 0) is 61.6 Å². The van der Waals surface area contributed by atoms with E-state index < -0.39 is 0 Å². The van der Waals surface area contributed by atoms with E-state index in [1.54, 1.807) is 18.2 Å². The number of benzene rings is 2. The third-order valence-corrected chi connectivity index (χ3v) is 5.89. The zero-order valence-electron chi connectivity index (χ0n) is 17.2. The van der Waals surface area contributed by atoms with Crippen LogP contribution in [0.1, 0.15) is 36.8 Å². The maximum absolute atomic E-state index is 13.7. The summed E-state index contributed by atoms with van der Waals surface area (Å²) in [6.07, 6.45) is 5.52. The molecular formula is C25H28FN3O. The minimum absolute atomic E-state index is 0.00240. The van der Waals surface area contributed by atoms with Crippen molar-refractivity contribution in [2.24, 2.45) is 5.92 Å². The lowest BCUT2D eigenvalue weighted by atomic mass is 9.93. The van der Waals surface area contributed by atoms with E-state index in [0.29, 0.717) is 17.9 Å². The Bertz CT molecular complexity index is 1010. The number of hydrogen-bond donors (Lipinski definition) is 1. The molecular weight excluding hydrogens is 377 g/mol.